The van der Waals surface area contributed by atoms with Gasteiger partial charge in [-0.2, -0.15) is 13.2 Å². The first-order valence-electron chi connectivity index (χ1n) is 6.99. The molecule has 5 nitrogen and oxygen atoms in total. The zero-order chi connectivity index (χ0) is 17.1. The first-order chi connectivity index (χ1) is 10.7. The number of benzene rings is 1. The van der Waals surface area contributed by atoms with E-state index < -0.39 is 30.1 Å². The minimum atomic E-state index is -4.56. The van der Waals surface area contributed by atoms with Crippen molar-refractivity contribution in [3.05, 3.63) is 35.4 Å². The van der Waals surface area contributed by atoms with Crippen LogP contribution in [0.5, 0.6) is 0 Å². The highest BCUT2D eigenvalue weighted by Gasteiger charge is 2.38. The number of halogens is 3. The fourth-order valence-electron chi connectivity index (χ4n) is 2.58. The van der Waals surface area contributed by atoms with Crippen molar-refractivity contribution in [3.63, 3.8) is 0 Å². The van der Waals surface area contributed by atoms with Gasteiger partial charge in [0.1, 0.15) is 6.54 Å². The minimum Gasteiger partial charge on any atom is -0.376 e. The summed E-state index contributed by atoms with van der Waals surface area (Å²) in [6.07, 6.45) is -3.44. The van der Waals surface area contributed by atoms with Crippen molar-refractivity contribution in [3.8, 4) is 0 Å². The van der Waals surface area contributed by atoms with Gasteiger partial charge in [0.15, 0.2) is 0 Å². The third-order valence-electron chi connectivity index (χ3n) is 3.80. The molecule has 2 amide bonds. The molecule has 1 aromatic rings. The van der Waals surface area contributed by atoms with Gasteiger partial charge >= 0.3 is 18.0 Å². The quantitative estimate of drug-likeness (QED) is 0.809. The molecule has 2 N–H and O–H groups in total. The summed E-state index contributed by atoms with van der Waals surface area (Å²) in [5, 5.41) is 3.87. The molecule has 0 atom stereocenters. The highest BCUT2D eigenvalue weighted by Crippen LogP contribution is 2.32. The van der Waals surface area contributed by atoms with E-state index in [0.717, 1.165) is 11.1 Å². The molecular weight excluding hydrogens is 313 g/mol. The van der Waals surface area contributed by atoms with Gasteiger partial charge in [-0.25, -0.2) is 0 Å². The molecule has 0 aromatic heterocycles. The molecule has 126 valence electrons. The third-order valence-corrected chi connectivity index (χ3v) is 3.80. The van der Waals surface area contributed by atoms with Gasteiger partial charge in [-0.1, -0.05) is 24.3 Å². The van der Waals surface area contributed by atoms with Gasteiger partial charge in [0, 0.05) is 26.5 Å². The lowest BCUT2D eigenvalue weighted by Crippen LogP contribution is -2.50. The molecule has 1 aliphatic rings. The monoisotopic (exact) mass is 330 g/mol. The van der Waals surface area contributed by atoms with Gasteiger partial charge in [-0.05, 0) is 11.1 Å². The number of fused-ring (bicyclic) bond motifs is 1. The Labute approximate surface area is 131 Å². The van der Waals surface area contributed by atoms with Crippen molar-refractivity contribution in [2.75, 3.05) is 20.2 Å². The highest BCUT2D eigenvalue weighted by atomic mass is 19.4. The Morgan fingerprint density at radius 3 is 2.13 bits per heavy atom. The van der Waals surface area contributed by atoms with E-state index in [4.69, 9.17) is 4.74 Å². The first-order valence-corrected chi connectivity index (χ1v) is 6.99. The second kappa shape index (κ2) is 6.57. The van der Waals surface area contributed by atoms with Crippen molar-refractivity contribution in [2.24, 2.45) is 0 Å². The van der Waals surface area contributed by atoms with Crippen LogP contribution in [0.25, 0.3) is 0 Å². The fraction of sp³-hybridized carbons (Fsp3) is 0.467. The van der Waals surface area contributed by atoms with E-state index in [9.17, 15) is 22.8 Å². The van der Waals surface area contributed by atoms with Gasteiger partial charge in [-0.3, -0.25) is 9.59 Å². The van der Waals surface area contributed by atoms with Gasteiger partial charge in [0.2, 0.25) is 0 Å². The van der Waals surface area contributed by atoms with Crippen molar-refractivity contribution in [1.82, 2.24) is 10.6 Å². The van der Waals surface area contributed by atoms with E-state index in [-0.39, 0.29) is 6.54 Å². The van der Waals surface area contributed by atoms with Crippen LogP contribution in [-0.2, 0) is 27.2 Å². The van der Waals surface area contributed by atoms with Crippen molar-refractivity contribution < 1.29 is 27.5 Å². The normalized spacial score (nSPS) is 15.8. The molecule has 23 heavy (non-hydrogen) atoms. The van der Waals surface area contributed by atoms with E-state index in [2.05, 4.69) is 5.32 Å². The SMILES string of the molecule is COC1(CNC(=O)C(=O)NCC(F)(F)F)Cc2ccccc2C1. The van der Waals surface area contributed by atoms with Crippen molar-refractivity contribution in [1.29, 1.82) is 0 Å². The zero-order valence-electron chi connectivity index (χ0n) is 12.5. The Hall–Kier alpha value is -2.09. The third kappa shape index (κ3) is 4.44. The lowest BCUT2D eigenvalue weighted by molar-refractivity contribution is -0.146. The van der Waals surface area contributed by atoms with Crippen LogP contribution in [0.4, 0.5) is 13.2 Å². The molecule has 0 saturated heterocycles. The first kappa shape index (κ1) is 17.3. The number of hydrogen-bond acceptors (Lipinski definition) is 3. The molecule has 0 unspecified atom stereocenters. The number of carbonyl (C=O) groups excluding carboxylic acids is 2. The summed E-state index contributed by atoms with van der Waals surface area (Å²) in [4.78, 5) is 22.9. The number of rotatable bonds is 4. The van der Waals surface area contributed by atoms with Crippen LogP contribution >= 0.6 is 0 Å². The van der Waals surface area contributed by atoms with Crippen LogP contribution in [0, 0.1) is 0 Å². The average molecular weight is 330 g/mol. The van der Waals surface area contributed by atoms with Crippen LogP contribution in [0.3, 0.4) is 0 Å². The summed E-state index contributed by atoms with van der Waals surface area (Å²) in [5.41, 5.74) is 1.49. The molecule has 0 heterocycles. The van der Waals surface area contributed by atoms with Gasteiger partial charge in [-0.15, -0.1) is 0 Å². The number of hydrogen-bond donors (Lipinski definition) is 2. The Kier molecular flexibility index (Phi) is 4.93. The minimum absolute atomic E-state index is 0.0381. The molecule has 0 radical (unpaired) electrons. The smallest absolute Gasteiger partial charge is 0.376 e. The van der Waals surface area contributed by atoms with E-state index in [0.29, 0.717) is 12.8 Å². The average Bonchev–Trinajstić information content (AvgIpc) is 2.88. The molecule has 8 heteroatoms. The lowest BCUT2D eigenvalue weighted by Gasteiger charge is -2.27. The van der Waals surface area contributed by atoms with Crippen LogP contribution in [0.2, 0.25) is 0 Å². The standard InChI is InChI=1S/C15H17F3N2O3/c1-23-14(6-10-4-2-3-5-11(10)7-14)8-19-12(21)13(22)20-9-15(16,17)18/h2-5H,6-9H2,1H3,(H,19,21)(H,20,22). The second-order valence-corrected chi connectivity index (χ2v) is 5.49. The lowest BCUT2D eigenvalue weighted by atomic mass is 10.00. The Morgan fingerprint density at radius 2 is 1.65 bits per heavy atom. The summed E-state index contributed by atoms with van der Waals surface area (Å²) in [5.74, 6) is -2.43. The summed E-state index contributed by atoms with van der Waals surface area (Å²) < 4.78 is 41.5. The molecule has 2 rings (SSSR count). The predicted octanol–water partition coefficient (Wildman–Crippen LogP) is 0.965. The number of nitrogens with one attached hydrogen (secondary N) is 2. The van der Waals surface area contributed by atoms with E-state index in [1.165, 1.54) is 12.4 Å². The van der Waals surface area contributed by atoms with Crippen LogP contribution < -0.4 is 10.6 Å². The van der Waals surface area contributed by atoms with Gasteiger partial charge in [0.25, 0.3) is 0 Å². The van der Waals surface area contributed by atoms with Crippen LogP contribution in [-0.4, -0.2) is 43.8 Å². The molecule has 0 bridgehead atoms. The molecule has 1 aliphatic carbocycles. The zero-order valence-corrected chi connectivity index (χ0v) is 12.5. The number of ether oxygens (including phenoxy) is 1. The molecule has 0 aliphatic heterocycles. The molecular formula is C15H17F3N2O3. The maximum absolute atomic E-state index is 12.0. The number of methoxy groups -OCH3 is 1. The van der Waals surface area contributed by atoms with E-state index in [1.54, 1.807) is 0 Å². The fourth-order valence-corrected chi connectivity index (χ4v) is 2.58. The maximum atomic E-state index is 12.0. The Balaban J connectivity index is 1.89. The molecule has 0 saturated carbocycles. The number of amides is 2. The topological polar surface area (TPSA) is 67.4 Å². The second-order valence-electron chi connectivity index (χ2n) is 5.49. The number of carbonyl (C=O) groups is 2. The molecule has 0 spiro atoms. The largest absolute Gasteiger partial charge is 0.405 e. The van der Waals surface area contributed by atoms with Crippen molar-refractivity contribution >= 4 is 11.8 Å². The van der Waals surface area contributed by atoms with Gasteiger partial charge in [0.05, 0.1) is 5.60 Å². The van der Waals surface area contributed by atoms with E-state index >= 15 is 0 Å². The summed E-state index contributed by atoms with van der Waals surface area (Å²) >= 11 is 0. The predicted molar refractivity (Wildman–Crippen MR) is 75.7 cm³/mol. The van der Waals surface area contributed by atoms with Crippen LogP contribution in [0.1, 0.15) is 11.1 Å². The number of alkyl halides is 3. The van der Waals surface area contributed by atoms with Crippen LogP contribution in [0.15, 0.2) is 24.3 Å². The van der Waals surface area contributed by atoms with Crippen molar-refractivity contribution in [2.45, 2.75) is 24.6 Å². The Morgan fingerprint density at radius 1 is 1.13 bits per heavy atom. The highest BCUT2D eigenvalue weighted by molar-refractivity contribution is 6.35. The van der Waals surface area contributed by atoms with Gasteiger partial charge < -0.3 is 15.4 Å². The summed E-state index contributed by atoms with van der Waals surface area (Å²) in [6.45, 7) is -1.50. The molecule has 1 aromatic carbocycles. The maximum Gasteiger partial charge on any atom is 0.405 e. The summed E-state index contributed by atoms with van der Waals surface area (Å²) in [6, 6.07) is 7.70. The summed E-state index contributed by atoms with van der Waals surface area (Å²) in [7, 11) is 1.50. The van der Waals surface area contributed by atoms with E-state index in [1.807, 2.05) is 24.3 Å². The Bertz CT molecular complexity index is 577. The molecule has 0 fully saturated rings.